The first-order valence-corrected chi connectivity index (χ1v) is 8.02. The predicted octanol–water partition coefficient (Wildman–Crippen LogP) is 1.98. The fourth-order valence-corrected chi connectivity index (χ4v) is 2.32. The first-order valence-electron chi connectivity index (χ1n) is 8.02. The van der Waals surface area contributed by atoms with E-state index in [9.17, 15) is 9.59 Å². The minimum atomic E-state index is -0.937. The summed E-state index contributed by atoms with van der Waals surface area (Å²) in [6, 6.07) is 10.6. The van der Waals surface area contributed by atoms with Crippen molar-refractivity contribution in [1.82, 2.24) is 14.6 Å². The number of nitrogens with one attached hydrogen (secondary N) is 1. The van der Waals surface area contributed by atoms with Gasteiger partial charge in [0.05, 0.1) is 5.56 Å². The Balaban J connectivity index is 1.61. The van der Waals surface area contributed by atoms with Crippen LogP contribution in [0.4, 0.5) is 11.4 Å². The number of nitrogens with zero attached hydrogens (tertiary/aromatic N) is 4. The Morgan fingerprint density at radius 1 is 1.15 bits per heavy atom. The molecule has 0 aliphatic heterocycles. The van der Waals surface area contributed by atoms with Crippen molar-refractivity contribution in [2.75, 3.05) is 24.3 Å². The molecule has 8 heteroatoms. The van der Waals surface area contributed by atoms with E-state index in [0.717, 1.165) is 5.69 Å². The number of esters is 1. The van der Waals surface area contributed by atoms with Crippen molar-refractivity contribution in [3.05, 3.63) is 54.5 Å². The van der Waals surface area contributed by atoms with Crippen molar-refractivity contribution in [3.63, 3.8) is 0 Å². The van der Waals surface area contributed by atoms with Crippen LogP contribution < -0.4 is 10.2 Å². The smallest absolute Gasteiger partial charge is 0.340 e. The molecule has 0 saturated heterocycles. The second-order valence-corrected chi connectivity index (χ2v) is 5.99. The van der Waals surface area contributed by atoms with E-state index in [0.29, 0.717) is 16.9 Å². The lowest BCUT2D eigenvalue weighted by atomic mass is 10.2. The topological polar surface area (TPSA) is 88.8 Å². The monoisotopic (exact) mass is 353 g/mol. The number of pyridine rings is 1. The number of carbonyl (C=O) groups excluding carboxylic acids is 2. The molecule has 1 aromatic carbocycles. The SMILES string of the molecule is CC(OC(=O)c1ccc2nncn2c1)C(=O)Nc1ccc(N(C)C)cc1. The highest BCUT2D eigenvalue weighted by molar-refractivity contribution is 5.97. The number of hydrogen-bond donors (Lipinski definition) is 1. The molecule has 0 aliphatic carbocycles. The summed E-state index contributed by atoms with van der Waals surface area (Å²) in [4.78, 5) is 26.4. The third-order valence-corrected chi connectivity index (χ3v) is 3.83. The number of anilines is 2. The number of ether oxygens (including phenoxy) is 1. The highest BCUT2D eigenvalue weighted by Gasteiger charge is 2.19. The third kappa shape index (κ3) is 3.80. The lowest BCUT2D eigenvalue weighted by Crippen LogP contribution is -2.30. The van der Waals surface area contributed by atoms with Gasteiger partial charge in [0.1, 0.15) is 6.33 Å². The Morgan fingerprint density at radius 2 is 1.88 bits per heavy atom. The molecule has 3 aromatic rings. The maximum Gasteiger partial charge on any atom is 0.340 e. The summed E-state index contributed by atoms with van der Waals surface area (Å²) in [5.41, 5.74) is 2.59. The van der Waals surface area contributed by atoms with Crippen molar-refractivity contribution in [2.24, 2.45) is 0 Å². The summed E-state index contributed by atoms with van der Waals surface area (Å²) >= 11 is 0. The van der Waals surface area contributed by atoms with Crippen molar-refractivity contribution >= 4 is 28.9 Å². The number of aromatic nitrogens is 3. The van der Waals surface area contributed by atoms with Gasteiger partial charge >= 0.3 is 5.97 Å². The lowest BCUT2D eigenvalue weighted by Gasteiger charge is -2.15. The summed E-state index contributed by atoms with van der Waals surface area (Å²) in [5, 5.41) is 10.3. The summed E-state index contributed by atoms with van der Waals surface area (Å²) in [6.07, 6.45) is 2.11. The van der Waals surface area contributed by atoms with E-state index in [4.69, 9.17) is 4.74 Å². The van der Waals surface area contributed by atoms with Gasteiger partial charge in [0.25, 0.3) is 5.91 Å². The zero-order valence-corrected chi connectivity index (χ0v) is 14.7. The molecule has 1 amide bonds. The molecule has 26 heavy (non-hydrogen) atoms. The second-order valence-electron chi connectivity index (χ2n) is 5.99. The minimum Gasteiger partial charge on any atom is -0.449 e. The van der Waals surface area contributed by atoms with Gasteiger partial charge in [-0.15, -0.1) is 10.2 Å². The van der Waals surface area contributed by atoms with Gasteiger partial charge in [-0.05, 0) is 43.3 Å². The molecule has 134 valence electrons. The van der Waals surface area contributed by atoms with E-state index in [-0.39, 0.29) is 0 Å². The number of benzene rings is 1. The highest BCUT2D eigenvalue weighted by atomic mass is 16.5. The fourth-order valence-electron chi connectivity index (χ4n) is 2.32. The molecule has 2 aromatic heterocycles. The van der Waals surface area contributed by atoms with Crippen LogP contribution in [0, 0.1) is 0 Å². The van der Waals surface area contributed by atoms with Gasteiger partial charge < -0.3 is 15.0 Å². The van der Waals surface area contributed by atoms with Crippen LogP contribution in [-0.4, -0.2) is 46.7 Å². The fraction of sp³-hybridized carbons (Fsp3) is 0.222. The molecule has 0 radical (unpaired) electrons. The standard InChI is InChI=1S/C18H19N5O3/c1-12(17(24)20-14-5-7-15(8-6-14)22(2)3)26-18(25)13-4-9-16-21-19-11-23(16)10-13/h4-12H,1-3H3,(H,20,24). The molecule has 0 aliphatic rings. The van der Waals surface area contributed by atoms with Crippen molar-refractivity contribution < 1.29 is 14.3 Å². The quantitative estimate of drug-likeness (QED) is 0.706. The minimum absolute atomic E-state index is 0.312. The van der Waals surface area contributed by atoms with Crippen LogP contribution >= 0.6 is 0 Å². The first-order chi connectivity index (χ1) is 12.4. The Morgan fingerprint density at radius 3 is 2.58 bits per heavy atom. The van der Waals surface area contributed by atoms with Crippen LogP contribution in [0.2, 0.25) is 0 Å². The van der Waals surface area contributed by atoms with Gasteiger partial charge in [-0.25, -0.2) is 4.79 Å². The maximum atomic E-state index is 12.2. The van der Waals surface area contributed by atoms with Gasteiger partial charge in [0.2, 0.25) is 0 Å². The van der Waals surface area contributed by atoms with Crippen molar-refractivity contribution in [2.45, 2.75) is 13.0 Å². The van der Waals surface area contributed by atoms with Crippen molar-refractivity contribution in [3.8, 4) is 0 Å². The molecule has 0 fully saturated rings. The van der Waals surface area contributed by atoms with Gasteiger partial charge in [-0.2, -0.15) is 0 Å². The number of carbonyl (C=O) groups is 2. The Labute approximate surface area is 150 Å². The van der Waals surface area contributed by atoms with Gasteiger partial charge in [0, 0.05) is 31.7 Å². The average Bonchev–Trinajstić information content (AvgIpc) is 3.09. The summed E-state index contributed by atoms with van der Waals surface area (Å²) in [7, 11) is 3.87. The Kier molecular flexibility index (Phi) is 4.83. The van der Waals surface area contributed by atoms with Crippen LogP contribution in [0.5, 0.6) is 0 Å². The maximum absolute atomic E-state index is 12.2. The molecule has 8 nitrogen and oxygen atoms in total. The zero-order chi connectivity index (χ0) is 18.7. The lowest BCUT2D eigenvalue weighted by molar-refractivity contribution is -0.123. The van der Waals surface area contributed by atoms with Gasteiger partial charge in [-0.3, -0.25) is 9.20 Å². The van der Waals surface area contributed by atoms with Crippen molar-refractivity contribution in [1.29, 1.82) is 0 Å². The van der Waals surface area contributed by atoms with Gasteiger partial charge in [-0.1, -0.05) is 0 Å². The largest absolute Gasteiger partial charge is 0.449 e. The normalized spacial score (nSPS) is 11.8. The van der Waals surface area contributed by atoms with E-state index >= 15 is 0 Å². The molecule has 1 N–H and O–H groups in total. The molecule has 3 rings (SSSR count). The molecule has 0 spiro atoms. The van der Waals surface area contributed by atoms with E-state index in [1.54, 1.807) is 34.9 Å². The number of fused-ring (bicyclic) bond motifs is 1. The summed E-state index contributed by atoms with van der Waals surface area (Å²) in [5.74, 6) is -0.993. The third-order valence-electron chi connectivity index (χ3n) is 3.83. The molecular formula is C18H19N5O3. The molecule has 0 saturated carbocycles. The first kappa shape index (κ1) is 17.4. The molecular weight excluding hydrogens is 334 g/mol. The van der Waals surface area contributed by atoms with Crippen LogP contribution in [0.15, 0.2) is 48.9 Å². The Hall–Kier alpha value is -3.42. The zero-order valence-electron chi connectivity index (χ0n) is 14.7. The predicted molar refractivity (Wildman–Crippen MR) is 97.3 cm³/mol. The van der Waals surface area contributed by atoms with Gasteiger partial charge in [0.15, 0.2) is 11.8 Å². The van der Waals surface area contributed by atoms with E-state index < -0.39 is 18.0 Å². The highest BCUT2D eigenvalue weighted by Crippen LogP contribution is 2.16. The van der Waals surface area contributed by atoms with E-state index in [1.807, 2.05) is 31.1 Å². The van der Waals surface area contributed by atoms with E-state index in [1.165, 1.54) is 13.3 Å². The van der Waals surface area contributed by atoms with Crippen LogP contribution in [-0.2, 0) is 9.53 Å². The Bertz CT molecular complexity index is 933. The van der Waals surface area contributed by atoms with Crippen LogP contribution in [0.25, 0.3) is 5.65 Å². The number of amides is 1. The van der Waals surface area contributed by atoms with Crippen LogP contribution in [0.1, 0.15) is 17.3 Å². The molecule has 1 unspecified atom stereocenters. The average molecular weight is 353 g/mol. The molecule has 0 bridgehead atoms. The molecule has 1 atom stereocenters. The van der Waals surface area contributed by atoms with Crippen LogP contribution in [0.3, 0.4) is 0 Å². The second kappa shape index (κ2) is 7.22. The number of rotatable bonds is 5. The number of hydrogen-bond acceptors (Lipinski definition) is 6. The summed E-state index contributed by atoms with van der Waals surface area (Å²) < 4.78 is 6.85. The summed E-state index contributed by atoms with van der Waals surface area (Å²) in [6.45, 7) is 1.53. The van der Waals surface area contributed by atoms with E-state index in [2.05, 4.69) is 15.5 Å². The molecule has 2 heterocycles.